The predicted octanol–water partition coefficient (Wildman–Crippen LogP) is 5.00. The summed E-state index contributed by atoms with van der Waals surface area (Å²) in [5, 5.41) is 0.481. The van der Waals surface area contributed by atoms with E-state index in [2.05, 4.69) is 27.0 Å². The van der Waals surface area contributed by atoms with Gasteiger partial charge < -0.3 is 4.74 Å². The Kier molecular flexibility index (Phi) is 3.59. The minimum Gasteiger partial charge on any atom is -0.480 e. The van der Waals surface area contributed by atoms with Crippen molar-refractivity contribution in [3.63, 3.8) is 0 Å². The average Bonchev–Trinajstić information content (AvgIpc) is 3.34. The lowest BCUT2D eigenvalue weighted by molar-refractivity contribution is 0.210. The number of hydrogen-bond acceptors (Lipinski definition) is 4. The third-order valence-corrected chi connectivity index (χ3v) is 6.02. The molecule has 0 radical (unpaired) electrons. The second kappa shape index (κ2) is 5.45. The highest BCUT2D eigenvalue weighted by Gasteiger charge is 2.31. The van der Waals surface area contributed by atoms with Crippen LogP contribution in [-0.2, 0) is 0 Å². The third-order valence-electron chi connectivity index (χ3n) is 3.61. The number of benzene rings is 1. The highest BCUT2D eigenvalue weighted by molar-refractivity contribution is 9.10. The number of aromatic nitrogens is 2. The molecule has 0 amide bonds. The average molecular weight is 384 g/mol. The van der Waals surface area contributed by atoms with Crippen LogP contribution in [0.4, 0.5) is 0 Å². The molecule has 2 heterocycles. The molecule has 1 aromatic heterocycles. The molecule has 2 aromatic rings. The zero-order valence-electron chi connectivity index (χ0n) is 11.1. The molecule has 1 aliphatic carbocycles. The van der Waals surface area contributed by atoms with E-state index < -0.39 is 0 Å². The summed E-state index contributed by atoms with van der Waals surface area (Å²) in [5.74, 6) is 2.91. The summed E-state index contributed by atoms with van der Waals surface area (Å²) in [7, 11) is 0. The Bertz CT molecular complexity index is 708. The zero-order valence-corrected chi connectivity index (χ0v) is 14.2. The molecule has 0 bridgehead atoms. The second-order valence-corrected chi connectivity index (χ2v) is 7.42. The van der Waals surface area contributed by atoms with E-state index in [1.165, 1.54) is 17.7 Å². The van der Waals surface area contributed by atoms with E-state index in [1.54, 1.807) is 11.8 Å². The summed E-state index contributed by atoms with van der Waals surface area (Å²) in [4.78, 5) is 10.3. The fourth-order valence-electron chi connectivity index (χ4n) is 2.37. The van der Waals surface area contributed by atoms with E-state index in [-0.39, 0.29) is 6.10 Å². The lowest BCUT2D eigenvalue weighted by Crippen LogP contribution is -2.18. The first-order valence-electron chi connectivity index (χ1n) is 6.83. The van der Waals surface area contributed by atoms with Gasteiger partial charge in [0, 0.05) is 16.6 Å². The molecule has 1 saturated carbocycles. The van der Waals surface area contributed by atoms with Gasteiger partial charge in [-0.2, -0.15) is 0 Å². The molecule has 1 unspecified atom stereocenters. The van der Waals surface area contributed by atoms with E-state index in [0.717, 1.165) is 21.7 Å². The summed E-state index contributed by atoms with van der Waals surface area (Å²) >= 11 is 11.5. The molecular weight excluding hydrogens is 372 g/mol. The first-order chi connectivity index (χ1) is 10.2. The van der Waals surface area contributed by atoms with Gasteiger partial charge in [0.05, 0.1) is 10.2 Å². The van der Waals surface area contributed by atoms with Crippen molar-refractivity contribution in [3.8, 4) is 5.75 Å². The predicted molar refractivity (Wildman–Crippen MR) is 87.3 cm³/mol. The summed E-state index contributed by atoms with van der Waals surface area (Å²) < 4.78 is 6.88. The quantitative estimate of drug-likeness (QED) is 0.684. The van der Waals surface area contributed by atoms with Crippen LogP contribution in [0.3, 0.4) is 0 Å². The van der Waals surface area contributed by atoms with Crippen LogP contribution >= 0.6 is 39.3 Å². The topological polar surface area (TPSA) is 35.0 Å². The highest BCUT2D eigenvalue weighted by Crippen LogP contribution is 2.45. The number of rotatable bonds is 2. The zero-order chi connectivity index (χ0) is 14.4. The molecule has 21 heavy (non-hydrogen) atoms. The van der Waals surface area contributed by atoms with Crippen LogP contribution in [0.1, 0.15) is 36.4 Å². The van der Waals surface area contributed by atoms with Crippen molar-refractivity contribution in [2.24, 2.45) is 0 Å². The number of ether oxygens (including phenoxy) is 1. The fourth-order valence-corrected chi connectivity index (χ4v) is 4.04. The minimum atomic E-state index is -0.145. The number of thioether (sulfide) groups is 1. The van der Waals surface area contributed by atoms with Crippen LogP contribution in [0.25, 0.3) is 0 Å². The van der Waals surface area contributed by atoms with E-state index in [0.29, 0.717) is 16.9 Å². The van der Waals surface area contributed by atoms with Crippen molar-refractivity contribution in [3.05, 3.63) is 45.4 Å². The largest absolute Gasteiger partial charge is 0.480 e. The number of hydrogen-bond donors (Lipinski definition) is 0. The number of fused-ring (bicyclic) bond motifs is 1. The minimum absolute atomic E-state index is 0.145. The first-order valence-corrected chi connectivity index (χ1v) is 8.99. The van der Waals surface area contributed by atoms with Crippen LogP contribution in [0, 0.1) is 0 Å². The molecule has 108 valence electrons. The van der Waals surface area contributed by atoms with Gasteiger partial charge in [-0.1, -0.05) is 23.7 Å². The Hall–Kier alpha value is -0.780. The molecule has 3 nitrogen and oxygen atoms in total. The van der Waals surface area contributed by atoms with Crippen molar-refractivity contribution >= 4 is 39.3 Å². The van der Waals surface area contributed by atoms with Crippen molar-refractivity contribution in [2.45, 2.75) is 29.8 Å². The fraction of sp³-hybridized carbons (Fsp3) is 0.333. The number of halogens is 2. The molecule has 1 fully saturated rings. The van der Waals surface area contributed by atoms with Crippen LogP contribution in [-0.4, -0.2) is 15.7 Å². The number of para-hydroxylation sites is 1. The lowest BCUT2D eigenvalue weighted by Gasteiger charge is -2.25. The molecule has 1 aliphatic heterocycles. The number of nitrogens with zero attached hydrogens (tertiary/aromatic N) is 2. The van der Waals surface area contributed by atoms with Gasteiger partial charge in [0.2, 0.25) is 0 Å². The Balaban J connectivity index is 1.68. The lowest BCUT2D eigenvalue weighted by atomic mass is 10.2. The van der Waals surface area contributed by atoms with Crippen LogP contribution in [0.15, 0.2) is 33.6 Å². The second-order valence-electron chi connectivity index (χ2n) is 5.21. The van der Waals surface area contributed by atoms with E-state index >= 15 is 0 Å². The molecule has 1 aromatic carbocycles. The molecule has 0 N–H and O–H groups in total. The maximum Gasteiger partial charge on any atom is 0.172 e. The smallest absolute Gasteiger partial charge is 0.172 e. The standard InChI is InChI=1S/C15H12BrClN2OS/c16-12-13(8-5-6-8)18-15(19-14(12)17)10-7-21-11-4-2-1-3-9(11)20-10/h1-4,8,10H,5-7H2. The van der Waals surface area contributed by atoms with Crippen LogP contribution < -0.4 is 4.74 Å². The summed E-state index contributed by atoms with van der Waals surface area (Å²) in [6.45, 7) is 0. The molecular formula is C15H12BrClN2OS. The van der Waals surface area contributed by atoms with Gasteiger partial charge in [-0.05, 0) is 40.9 Å². The maximum atomic E-state index is 6.25. The molecule has 1 atom stereocenters. The molecule has 0 spiro atoms. The van der Waals surface area contributed by atoms with E-state index in [9.17, 15) is 0 Å². The molecule has 6 heteroatoms. The van der Waals surface area contributed by atoms with Crippen molar-refractivity contribution in [2.75, 3.05) is 5.75 Å². The Morgan fingerprint density at radius 2 is 2.05 bits per heavy atom. The monoisotopic (exact) mass is 382 g/mol. The van der Waals surface area contributed by atoms with Crippen molar-refractivity contribution in [1.82, 2.24) is 9.97 Å². The SMILES string of the molecule is Clc1nc(C2CSc3ccccc3O2)nc(C2CC2)c1Br. The van der Waals surface area contributed by atoms with Gasteiger partial charge in [-0.15, -0.1) is 11.8 Å². The van der Waals surface area contributed by atoms with Gasteiger partial charge in [-0.3, -0.25) is 0 Å². The normalized spacial score (nSPS) is 20.8. The van der Waals surface area contributed by atoms with Gasteiger partial charge in [0.15, 0.2) is 11.9 Å². The summed E-state index contributed by atoms with van der Waals surface area (Å²) in [6.07, 6.45) is 2.20. The van der Waals surface area contributed by atoms with Gasteiger partial charge in [0.1, 0.15) is 10.9 Å². The van der Waals surface area contributed by atoms with Crippen LogP contribution in [0.2, 0.25) is 5.15 Å². The maximum absolute atomic E-state index is 6.25. The van der Waals surface area contributed by atoms with E-state index in [4.69, 9.17) is 21.3 Å². The highest BCUT2D eigenvalue weighted by atomic mass is 79.9. The Labute approximate surface area is 140 Å². The van der Waals surface area contributed by atoms with Crippen molar-refractivity contribution in [1.29, 1.82) is 0 Å². The molecule has 4 rings (SSSR count). The third kappa shape index (κ3) is 2.67. The van der Waals surface area contributed by atoms with E-state index in [1.807, 2.05) is 18.2 Å². The molecule has 0 saturated heterocycles. The Morgan fingerprint density at radius 1 is 1.24 bits per heavy atom. The van der Waals surface area contributed by atoms with Crippen LogP contribution in [0.5, 0.6) is 5.75 Å². The summed E-state index contributed by atoms with van der Waals surface area (Å²) in [6, 6.07) is 8.05. The van der Waals surface area contributed by atoms with Gasteiger partial charge >= 0.3 is 0 Å². The Morgan fingerprint density at radius 3 is 2.86 bits per heavy atom. The summed E-state index contributed by atoms with van der Waals surface area (Å²) in [5.41, 5.74) is 1.03. The van der Waals surface area contributed by atoms with Gasteiger partial charge in [-0.25, -0.2) is 9.97 Å². The molecule has 2 aliphatic rings. The first kappa shape index (κ1) is 13.9. The van der Waals surface area contributed by atoms with Crippen molar-refractivity contribution < 1.29 is 4.74 Å². The van der Waals surface area contributed by atoms with Gasteiger partial charge in [0.25, 0.3) is 0 Å².